The van der Waals surface area contributed by atoms with Crippen molar-refractivity contribution in [1.29, 1.82) is 0 Å². The maximum atomic E-state index is 14.5. The van der Waals surface area contributed by atoms with Crippen LogP contribution in [0.5, 0.6) is 0 Å². The fourth-order valence-corrected chi connectivity index (χ4v) is 3.50. The predicted molar refractivity (Wildman–Crippen MR) is 137 cm³/mol. The van der Waals surface area contributed by atoms with Crippen LogP contribution in [-0.2, 0) is 14.8 Å². The smallest absolute Gasteiger partial charge is 0.254 e. The Morgan fingerprint density at radius 2 is 1.78 bits per heavy atom. The molecule has 2 amide bonds. The van der Waals surface area contributed by atoms with E-state index in [-0.39, 0.29) is 34.8 Å². The van der Waals surface area contributed by atoms with Crippen molar-refractivity contribution in [1.82, 2.24) is 9.97 Å². The third kappa shape index (κ3) is 6.24. The van der Waals surface area contributed by atoms with Crippen LogP contribution in [0.4, 0.5) is 38.9 Å². The molecule has 0 bridgehead atoms. The molecule has 0 atom stereocenters. The Balaban J connectivity index is 1.97. The lowest BCUT2D eigenvalue weighted by molar-refractivity contribution is -0.118. The third-order valence-corrected chi connectivity index (χ3v) is 6.24. The number of nitrogens with two attached hydrogens (primary N) is 1. The summed E-state index contributed by atoms with van der Waals surface area (Å²) in [5.41, 5.74) is 6.35. The molecule has 3 rings (SSSR count). The summed E-state index contributed by atoms with van der Waals surface area (Å²) in [7, 11) is -2.20. The molecule has 0 saturated heterocycles. The molecular weight excluding hydrogens is 489 g/mol. The van der Waals surface area contributed by atoms with Crippen LogP contribution in [0.25, 0.3) is 0 Å². The molecule has 36 heavy (non-hydrogen) atoms. The van der Waals surface area contributed by atoms with E-state index in [1.807, 2.05) is 0 Å². The van der Waals surface area contributed by atoms with Crippen LogP contribution in [-0.4, -0.2) is 43.5 Å². The van der Waals surface area contributed by atoms with Crippen molar-refractivity contribution >= 4 is 56.4 Å². The average Bonchev–Trinajstić information content (AvgIpc) is 2.80. The molecule has 190 valence electrons. The molecule has 0 spiro atoms. The van der Waals surface area contributed by atoms with E-state index < -0.39 is 21.7 Å². The van der Waals surface area contributed by atoms with Crippen molar-refractivity contribution in [3.05, 3.63) is 60.0 Å². The quantitative estimate of drug-likeness (QED) is 0.338. The molecular formula is C23H26FN7O4S. The van der Waals surface area contributed by atoms with E-state index in [9.17, 15) is 22.4 Å². The Kier molecular flexibility index (Phi) is 7.73. The van der Waals surface area contributed by atoms with Gasteiger partial charge in [-0.15, -0.1) is 0 Å². The second-order valence-corrected chi connectivity index (χ2v) is 10.2. The topological polar surface area (TPSA) is 159 Å². The van der Waals surface area contributed by atoms with Crippen LogP contribution < -0.4 is 26.0 Å². The molecule has 13 heteroatoms. The van der Waals surface area contributed by atoms with Crippen LogP contribution in [0.1, 0.15) is 24.2 Å². The van der Waals surface area contributed by atoms with E-state index in [1.54, 1.807) is 38.1 Å². The largest absolute Gasteiger partial charge is 0.365 e. The summed E-state index contributed by atoms with van der Waals surface area (Å²) in [5.74, 6) is -2.08. The zero-order chi connectivity index (χ0) is 26.6. The molecule has 0 radical (unpaired) electrons. The van der Waals surface area contributed by atoms with E-state index in [4.69, 9.17) is 5.73 Å². The highest BCUT2D eigenvalue weighted by Gasteiger charge is 2.19. The monoisotopic (exact) mass is 515 g/mol. The Morgan fingerprint density at radius 3 is 2.42 bits per heavy atom. The molecule has 1 heterocycles. The molecule has 0 saturated carbocycles. The van der Waals surface area contributed by atoms with Crippen LogP contribution in [0.3, 0.4) is 0 Å². The number of nitrogens with zero attached hydrogens (tertiary/aromatic N) is 3. The normalized spacial score (nSPS) is 11.2. The number of para-hydroxylation sites is 2. The summed E-state index contributed by atoms with van der Waals surface area (Å²) in [6, 6.07) is 10.4. The molecule has 5 N–H and O–H groups in total. The van der Waals surface area contributed by atoms with Gasteiger partial charge in [0.1, 0.15) is 17.2 Å². The summed E-state index contributed by atoms with van der Waals surface area (Å²) in [4.78, 5) is 32.3. The number of sulfonamides is 1. The lowest BCUT2D eigenvalue weighted by atomic mass is 10.2. The summed E-state index contributed by atoms with van der Waals surface area (Å²) < 4.78 is 39.7. The second-order valence-electron chi connectivity index (χ2n) is 8.16. The number of nitrogens with one attached hydrogen (secondary N) is 3. The van der Waals surface area contributed by atoms with Crippen LogP contribution in [0.15, 0.2) is 48.7 Å². The first-order valence-electron chi connectivity index (χ1n) is 10.7. The number of primary amides is 1. The van der Waals surface area contributed by atoms with E-state index in [2.05, 4.69) is 25.9 Å². The Morgan fingerprint density at radius 1 is 1.08 bits per heavy atom. The van der Waals surface area contributed by atoms with Gasteiger partial charge in [-0.25, -0.2) is 17.8 Å². The van der Waals surface area contributed by atoms with E-state index in [1.165, 1.54) is 25.2 Å². The summed E-state index contributed by atoms with van der Waals surface area (Å²) >= 11 is 0. The zero-order valence-electron chi connectivity index (χ0n) is 20.0. The van der Waals surface area contributed by atoms with E-state index in [0.29, 0.717) is 17.1 Å². The Hall–Kier alpha value is -4.26. The van der Waals surface area contributed by atoms with Gasteiger partial charge in [-0.05, 0) is 30.3 Å². The van der Waals surface area contributed by atoms with Gasteiger partial charge in [-0.1, -0.05) is 26.0 Å². The van der Waals surface area contributed by atoms with Crippen LogP contribution in [0.2, 0.25) is 0 Å². The second kappa shape index (κ2) is 10.6. The molecule has 1 aromatic heterocycles. The van der Waals surface area contributed by atoms with Crippen LogP contribution >= 0.6 is 0 Å². The Bertz CT molecular complexity index is 1410. The highest BCUT2D eigenvalue weighted by molar-refractivity contribution is 7.92. The van der Waals surface area contributed by atoms with Crippen molar-refractivity contribution in [3.8, 4) is 0 Å². The maximum Gasteiger partial charge on any atom is 0.254 e. The standard InChI is InChI=1S/C23H26FN7O4S/c1-13(2)22(33)27-14-9-10-16(24)18(11-14)29-23-26-12-15(20(25)32)21(30-23)28-17-7-5-6-8-19(17)31(3)36(4,34)35/h5-13H,1-4H3,(H2,25,32)(H,27,33)(H2,26,28,29,30). The summed E-state index contributed by atoms with van der Waals surface area (Å²) in [5, 5.41) is 8.32. The fourth-order valence-electron chi connectivity index (χ4n) is 2.98. The van der Waals surface area contributed by atoms with Crippen molar-refractivity contribution in [2.75, 3.05) is 33.6 Å². The number of amides is 2. The van der Waals surface area contributed by atoms with Gasteiger partial charge in [0.05, 0.1) is 23.3 Å². The number of hydrogen-bond donors (Lipinski definition) is 4. The molecule has 11 nitrogen and oxygen atoms in total. The highest BCUT2D eigenvalue weighted by atomic mass is 32.2. The molecule has 3 aromatic rings. The fraction of sp³-hybridized carbons (Fsp3) is 0.217. The Labute approximate surface area is 208 Å². The lowest BCUT2D eigenvalue weighted by Crippen LogP contribution is -2.25. The van der Waals surface area contributed by atoms with Gasteiger partial charge in [0, 0.05) is 24.8 Å². The molecule has 2 aromatic carbocycles. The number of carbonyl (C=O) groups is 2. The number of halogens is 1. The summed E-state index contributed by atoms with van der Waals surface area (Å²) in [6.45, 7) is 3.46. The molecule has 0 aliphatic rings. The van der Waals surface area contributed by atoms with Gasteiger partial charge in [-0.3, -0.25) is 13.9 Å². The zero-order valence-corrected chi connectivity index (χ0v) is 20.9. The summed E-state index contributed by atoms with van der Waals surface area (Å²) in [6.07, 6.45) is 2.21. The number of anilines is 6. The first-order valence-corrected chi connectivity index (χ1v) is 12.6. The minimum Gasteiger partial charge on any atom is -0.365 e. The molecule has 0 fully saturated rings. The first kappa shape index (κ1) is 26.3. The van der Waals surface area contributed by atoms with Gasteiger partial charge in [-0.2, -0.15) is 4.98 Å². The van der Waals surface area contributed by atoms with Gasteiger partial charge in [0.2, 0.25) is 21.9 Å². The average molecular weight is 516 g/mol. The SMILES string of the molecule is CC(C)C(=O)Nc1ccc(F)c(Nc2ncc(C(N)=O)c(Nc3ccccc3N(C)S(C)(=O)=O)n2)c1. The maximum absolute atomic E-state index is 14.5. The lowest BCUT2D eigenvalue weighted by Gasteiger charge is -2.21. The first-order chi connectivity index (χ1) is 16.9. The van der Waals surface area contributed by atoms with Crippen molar-refractivity contribution in [2.45, 2.75) is 13.8 Å². The number of aromatic nitrogens is 2. The number of carbonyl (C=O) groups excluding carboxylic acids is 2. The van der Waals surface area contributed by atoms with Crippen molar-refractivity contribution in [3.63, 3.8) is 0 Å². The number of rotatable bonds is 9. The van der Waals surface area contributed by atoms with Crippen molar-refractivity contribution < 1.29 is 22.4 Å². The van der Waals surface area contributed by atoms with E-state index >= 15 is 0 Å². The molecule has 0 unspecified atom stereocenters. The minimum atomic E-state index is -3.58. The molecule has 0 aliphatic heterocycles. The van der Waals surface area contributed by atoms with Crippen molar-refractivity contribution in [2.24, 2.45) is 11.7 Å². The highest BCUT2D eigenvalue weighted by Crippen LogP contribution is 2.31. The van der Waals surface area contributed by atoms with Gasteiger partial charge < -0.3 is 21.7 Å². The number of benzene rings is 2. The van der Waals surface area contributed by atoms with Gasteiger partial charge in [0.15, 0.2) is 0 Å². The predicted octanol–water partition coefficient (Wildman–Crippen LogP) is 3.19. The molecule has 0 aliphatic carbocycles. The van der Waals surface area contributed by atoms with Crippen LogP contribution in [0, 0.1) is 11.7 Å². The van der Waals surface area contributed by atoms with Gasteiger partial charge in [0.25, 0.3) is 5.91 Å². The third-order valence-electron chi connectivity index (χ3n) is 5.05. The van der Waals surface area contributed by atoms with Gasteiger partial charge >= 0.3 is 0 Å². The minimum absolute atomic E-state index is 0.0217. The van der Waals surface area contributed by atoms with E-state index in [0.717, 1.165) is 16.8 Å². The number of hydrogen-bond acceptors (Lipinski definition) is 8.